The summed E-state index contributed by atoms with van der Waals surface area (Å²) in [6.07, 6.45) is 0. The zero-order valence-corrected chi connectivity index (χ0v) is 9.02. The van der Waals surface area contributed by atoms with Crippen LogP contribution in [0.1, 0.15) is 23.5 Å². The van der Waals surface area contributed by atoms with Gasteiger partial charge in [0.25, 0.3) is 0 Å². The molecule has 0 bridgehead atoms. The first kappa shape index (κ1) is 10.6. The molecule has 5 heteroatoms. The van der Waals surface area contributed by atoms with E-state index in [0.717, 1.165) is 12.2 Å². The Morgan fingerprint density at radius 3 is 2.85 bits per heavy atom. The monoisotopic (exact) mass is 201 g/mol. The van der Waals surface area contributed by atoms with Crippen LogP contribution in [0, 0.1) is 6.92 Å². The summed E-state index contributed by atoms with van der Waals surface area (Å²) in [6, 6.07) is 0.231. The molecule has 1 aromatic heterocycles. The minimum absolute atomic E-state index is 0.231. The van der Waals surface area contributed by atoms with E-state index in [1.54, 1.807) is 7.11 Å². The van der Waals surface area contributed by atoms with E-state index < -0.39 is 0 Å². The van der Waals surface area contributed by atoms with Crippen LogP contribution in [-0.2, 0) is 4.74 Å². The molecule has 0 spiro atoms. The summed E-state index contributed by atoms with van der Waals surface area (Å²) < 4.78 is 9.03. The molecule has 1 atom stereocenters. The standard InChI is InChI=1S/C8H15N3OS/c1-4-9-7(5-12-3)8-6(2)10-11-13-8/h7,9H,4-5H2,1-3H3. The molecule has 1 heterocycles. The van der Waals surface area contributed by atoms with E-state index >= 15 is 0 Å². The molecule has 1 unspecified atom stereocenters. The topological polar surface area (TPSA) is 47.0 Å². The molecule has 0 saturated heterocycles. The molecule has 4 nitrogen and oxygen atoms in total. The third-order valence-corrected chi connectivity index (χ3v) is 2.73. The summed E-state index contributed by atoms with van der Waals surface area (Å²) in [4.78, 5) is 1.17. The molecule has 1 aromatic rings. The number of rotatable bonds is 5. The van der Waals surface area contributed by atoms with Gasteiger partial charge >= 0.3 is 0 Å². The third-order valence-electron chi connectivity index (χ3n) is 1.79. The van der Waals surface area contributed by atoms with Crippen LogP contribution in [0.25, 0.3) is 0 Å². The summed E-state index contributed by atoms with van der Waals surface area (Å²) >= 11 is 1.43. The first-order valence-electron chi connectivity index (χ1n) is 4.30. The zero-order valence-electron chi connectivity index (χ0n) is 8.20. The first-order valence-corrected chi connectivity index (χ1v) is 5.08. The van der Waals surface area contributed by atoms with Crippen LogP contribution >= 0.6 is 11.5 Å². The number of aryl methyl sites for hydroxylation is 1. The van der Waals surface area contributed by atoms with E-state index in [4.69, 9.17) is 4.74 Å². The highest BCUT2D eigenvalue weighted by Gasteiger charge is 2.15. The van der Waals surface area contributed by atoms with E-state index in [1.165, 1.54) is 16.4 Å². The molecular weight excluding hydrogens is 186 g/mol. The van der Waals surface area contributed by atoms with Crippen molar-refractivity contribution in [2.24, 2.45) is 0 Å². The molecule has 0 fully saturated rings. The lowest BCUT2D eigenvalue weighted by Gasteiger charge is -2.14. The van der Waals surface area contributed by atoms with Crippen molar-refractivity contribution in [2.45, 2.75) is 19.9 Å². The lowest BCUT2D eigenvalue weighted by molar-refractivity contribution is 0.168. The van der Waals surface area contributed by atoms with Gasteiger partial charge in [-0.3, -0.25) is 0 Å². The number of ether oxygens (including phenoxy) is 1. The number of likely N-dealkylation sites (N-methyl/N-ethyl adjacent to an activating group) is 1. The second-order valence-corrected chi connectivity index (χ2v) is 3.57. The molecule has 1 rings (SSSR count). The fourth-order valence-corrected chi connectivity index (χ4v) is 1.90. The highest BCUT2D eigenvalue weighted by atomic mass is 32.1. The van der Waals surface area contributed by atoms with Crippen molar-refractivity contribution in [1.29, 1.82) is 0 Å². The lowest BCUT2D eigenvalue weighted by atomic mass is 10.2. The maximum Gasteiger partial charge on any atom is 0.0773 e. The van der Waals surface area contributed by atoms with Gasteiger partial charge in [-0.15, -0.1) is 5.10 Å². The molecule has 0 aliphatic carbocycles. The maximum absolute atomic E-state index is 5.12. The molecular formula is C8H15N3OS. The average Bonchev–Trinajstić information content (AvgIpc) is 2.51. The van der Waals surface area contributed by atoms with E-state index in [2.05, 4.69) is 21.8 Å². The van der Waals surface area contributed by atoms with Crippen molar-refractivity contribution in [3.63, 3.8) is 0 Å². The van der Waals surface area contributed by atoms with Gasteiger partial charge in [0, 0.05) is 7.11 Å². The summed E-state index contributed by atoms with van der Waals surface area (Å²) in [5.74, 6) is 0. The second-order valence-electron chi connectivity index (χ2n) is 2.79. The number of nitrogens with one attached hydrogen (secondary N) is 1. The SMILES string of the molecule is CCNC(COC)c1snnc1C. The lowest BCUT2D eigenvalue weighted by Crippen LogP contribution is -2.24. The summed E-state index contributed by atoms with van der Waals surface area (Å²) in [6.45, 7) is 5.63. The zero-order chi connectivity index (χ0) is 9.68. The molecule has 0 saturated carbocycles. The van der Waals surface area contributed by atoms with Crippen LogP contribution < -0.4 is 5.32 Å². The van der Waals surface area contributed by atoms with Crippen molar-refractivity contribution >= 4 is 11.5 Å². The van der Waals surface area contributed by atoms with Gasteiger partial charge in [0.2, 0.25) is 0 Å². The van der Waals surface area contributed by atoms with Gasteiger partial charge in [-0.2, -0.15) is 0 Å². The van der Waals surface area contributed by atoms with Crippen LogP contribution in [-0.4, -0.2) is 29.8 Å². The summed E-state index contributed by atoms with van der Waals surface area (Å²) in [5.41, 5.74) is 0.994. The molecule has 0 aliphatic rings. The van der Waals surface area contributed by atoms with Gasteiger partial charge in [-0.1, -0.05) is 11.4 Å². The Hall–Kier alpha value is -0.520. The molecule has 0 radical (unpaired) electrons. The number of hydrogen-bond donors (Lipinski definition) is 1. The Labute approximate surface area is 82.5 Å². The Bertz CT molecular complexity index is 245. The van der Waals surface area contributed by atoms with Crippen molar-refractivity contribution in [3.8, 4) is 0 Å². The van der Waals surface area contributed by atoms with Gasteiger partial charge < -0.3 is 10.1 Å². The van der Waals surface area contributed by atoms with Crippen molar-refractivity contribution < 1.29 is 4.74 Å². The van der Waals surface area contributed by atoms with Crippen LogP contribution in [0.2, 0.25) is 0 Å². The highest BCUT2D eigenvalue weighted by molar-refractivity contribution is 7.05. The highest BCUT2D eigenvalue weighted by Crippen LogP contribution is 2.19. The molecule has 13 heavy (non-hydrogen) atoms. The quantitative estimate of drug-likeness (QED) is 0.776. The van der Waals surface area contributed by atoms with E-state index in [-0.39, 0.29) is 6.04 Å². The van der Waals surface area contributed by atoms with Crippen molar-refractivity contribution in [1.82, 2.24) is 14.9 Å². The number of hydrogen-bond acceptors (Lipinski definition) is 5. The van der Waals surface area contributed by atoms with E-state index in [0.29, 0.717) is 6.61 Å². The number of nitrogens with zero attached hydrogens (tertiary/aromatic N) is 2. The van der Waals surface area contributed by atoms with Crippen LogP contribution in [0.3, 0.4) is 0 Å². The molecule has 0 aromatic carbocycles. The fraction of sp³-hybridized carbons (Fsp3) is 0.750. The molecule has 74 valence electrons. The average molecular weight is 201 g/mol. The smallest absolute Gasteiger partial charge is 0.0773 e. The van der Waals surface area contributed by atoms with Gasteiger partial charge in [-0.05, 0) is 25.0 Å². The van der Waals surface area contributed by atoms with Gasteiger partial charge in [0.1, 0.15) is 0 Å². The first-order chi connectivity index (χ1) is 6.29. The van der Waals surface area contributed by atoms with Crippen LogP contribution in [0.5, 0.6) is 0 Å². The molecule has 1 N–H and O–H groups in total. The Morgan fingerprint density at radius 2 is 2.38 bits per heavy atom. The number of methoxy groups -OCH3 is 1. The Balaban J connectivity index is 2.69. The second kappa shape index (κ2) is 5.26. The van der Waals surface area contributed by atoms with Gasteiger partial charge in [0.15, 0.2) is 0 Å². The van der Waals surface area contributed by atoms with Crippen LogP contribution in [0.4, 0.5) is 0 Å². The fourth-order valence-electron chi connectivity index (χ4n) is 1.20. The Morgan fingerprint density at radius 1 is 1.62 bits per heavy atom. The normalized spacial score (nSPS) is 13.2. The molecule has 0 aliphatic heterocycles. The predicted octanol–water partition coefficient (Wildman–Crippen LogP) is 1.14. The third kappa shape index (κ3) is 2.72. The largest absolute Gasteiger partial charge is 0.383 e. The molecule has 0 amide bonds. The van der Waals surface area contributed by atoms with E-state index in [1.807, 2.05) is 6.92 Å². The van der Waals surface area contributed by atoms with Crippen molar-refractivity contribution in [2.75, 3.05) is 20.3 Å². The number of aromatic nitrogens is 2. The van der Waals surface area contributed by atoms with E-state index in [9.17, 15) is 0 Å². The van der Waals surface area contributed by atoms with Gasteiger partial charge in [-0.25, -0.2) is 0 Å². The summed E-state index contributed by atoms with van der Waals surface area (Å²) in [7, 11) is 1.70. The maximum atomic E-state index is 5.12. The van der Waals surface area contributed by atoms with Crippen molar-refractivity contribution in [3.05, 3.63) is 10.6 Å². The van der Waals surface area contributed by atoms with Crippen LogP contribution in [0.15, 0.2) is 0 Å². The minimum Gasteiger partial charge on any atom is -0.383 e. The summed E-state index contributed by atoms with van der Waals surface area (Å²) in [5, 5.41) is 7.31. The Kier molecular flexibility index (Phi) is 4.27. The minimum atomic E-state index is 0.231. The predicted molar refractivity (Wildman–Crippen MR) is 52.9 cm³/mol. The van der Waals surface area contributed by atoms with Gasteiger partial charge in [0.05, 0.1) is 23.2 Å².